The van der Waals surface area contributed by atoms with Gasteiger partial charge in [0.1, 0.15) is 0 Å². The number of rotatable bonds is 5. The SMILES string of the molecule is O=[N+]([O-])/C=C\N1CC[C@@H](c2ccccc2)[C@@]1(CO)c1ccccc1. The third-order valence-corrected chi connectivity index (χ3v) is 4.83. The van der Waals surface area contributed by atoms with E-state index in [2.05, 4.69) is 12.1 Å². The molecule has 124 valence electrons. The van der Waals surface area contributed by atoms with Crippen molar-refractivity contribution in [1.82, 2.24) is 4.90 Å². The number of nitrogens with zero attached hydrogens (tertiary/aromatic N) is 2. The number of likely N-dealkylation sites (tertiary alicyclic amines) is 1. The summed E-state index contributed by atoms with van der Waals surface area (Å²) in [5.41, 5.74) is 1.40. The van der Waals surface area contributed by atoms with Crippen molar-refractivity contribution >= 4 is 0 Å². The van der Waals surface area contributed by atoms with Crippen molar-refractivity contribution in [3.63, 3.8) is 0 Å². The molecule has 0 aromatic heterocycles. The first-order chi connectivity index (χ1) is 11.7. The fourth-order valence-corrected chi connectivity index (χ4v) is 3.76. The minimum atomic E-state index is -0.699. The lowest BCUT2D eigenvalue weighted by Crippen LogP contribution is -2.45. The molecule has 2 aromatic rings. The van der Waals surface area contributed by atoms with Crippen molar-refractivity contribution in [2.24, 2.45) is 0 Å². The van der Waals surface area contributed by atoms with Gasteiger partial charge in [-0.3, -0.25) is 10.1 Å². The van der Waals surface area contributed by atoms with E-state index in [9.17, 15) is 15.2 Å². The van der Waals surface area contributed by atoms with E-state index in [-0.39, 0.29) is 12.5 Å². The number of nitro groups is 1. The van der Waals surface area contributed by atoms with Gasteiger partial charge in [-0.25, -0.2) is 0 Å². The molecule has 2 aromatic carbocycles. The van der Waals surface area contributed by atoms with E-state index >= 15 is 0 Å². The summed E-state index contributed by atoms with van der Waals surface area (Å²) in [6.45, 7) is 0.540. The topological polar surface area (TPSA) is 66.6 Å². The normalized spacial score (nSPS) is 23.7. The van der Waals surface area contributed by atoms with E-state index in [1.54, 1.807) is 0 Å². The summed E-state index contributed by atoms with van der Waals surface area (Å²) in [7, 11) is 0. The first-order valence-electron chi connectivity index (χ1n) is 7.98. The van der Waals surface area contributed by atoms with Gasteiger partial charge in [0.15, 0.2) is 0 Å². The summed E-state index contributed by atoms with van der Waals surface area (Å²) < 4.78 is 0. The van der Waals surface area contributed by atoms with Crippen molar-refractivity contribution in [3.05, 3.63) is 94.3 Å². The zero-order chi connectivity index (χ0) is 17.0. The molecule has 5 heteroatoms. The zero-order valence-electron chi connectivity index (χ0n) is 13.3. The van der Waals surface area contributed by atoms with Crippen molar-refractivity contribution in [3.8, 4) is 0 Å². The molecular formula is C19H20N2O3. The van der Waals surface area contributed by atoms with Crippen LogP contribution < -0.4 is 0 Å². The van der Waals surface area contributed by atoms with Crippen LogP contribution in [0.15, 0.2) is 73.1 Å². The molecule has 1 aliphatic heterocycles. The maximum absolute atomic E-state index is 10.8. The Balaban J connectivity index is 2.11. The molecule has 5 nitrogen and oxygen atoms in total. The van der Waals surface area contributed by atoms with E-state index in [4.69, 9.17) is 0 Å². The van der Waals surface area contributed by atoms with Crippen LogP contribution in [0.2, 0.25) is 0 Å². The molecule has 0 saturated carbocycles. The van der Waals surface area contributed by atoms with Crippen LogP contribution in [0.4, 0.5) is 0 Å². The maximum Gasteiger partial charge on any atom is 0.250 e. The lowest BCUT2D eigenvalue weighted by Gasteiger charge is -2.41. The fraction of sp³-hybridized carbons (Fsp3) is 0.263. The molecule has 0 spiro atoms. The van der Waals surface area contributed by atoms with Crippen LogP contribution in [-0.4, -0.2) is 28.1 Å². The molecule has 2 atom stereocenters. The lowest BCUT2D eigenvalue weighted by molar-refractivity contribution is -0.403. The average Bonchev–Trinajstić information content (AvgIpc) is 3.01. The molecule has 0 bridgehead atoms. The summed E-state index contributed by atoms with van der Waals surface area (Å²) in [5, 5.41) is 21.2. The Labute approximate surface area is 141 Å². The molecule has 1 heterocycles. The Bertz CT molecular complexity index is 718. The van der Waals surface area contributed by atoms with E-state index < -0.39 is 10.5 Å². The van der Waals surface area contributed by atoms with E-state index in [0.717, 1.165) is 23.7 Å². The van der Waals surface area contributed by atoms with Gasteiger partial charge in [0.05, 0.1) is 23.3 Å². The molecule has 0 radical (unpaired) electrons. The molecule has 1 aliphatic rings. The fourth-order valence-electron chi connectivity index (χ4n) is 3.76. The van der Waals surface area contributed by atoms with Crippen LogP contribution in [0.1, 0.15) is 23.5 Å². The Kier molecular flexibility index (Phi) is 4.62. The number of aliphatic hydroxyl groups is 1. The van der Waals surface area contributed by atoms with Gasteiger partial charge in [0.25, 0.3) is 0 Å². The van der Waals surface area contributed by atoms with E-state index in [1.165, 1.54) is 6.20 Å². The molecule has 1 saturated heterocycles. The molecule has 3 rings (SSSR count). The van der Waals surface area contributed by atoms with E-state index in [0.29, 0.717) is 6.54 Å². The van der Waals surface area contributed by atoms with Gasteiger partial charge >= 0.3 is 0 Å². The number of benzene rings is 2. The second-order valence-electron chi connectivity index (χ2n) is 5.98. The maximum atomic E-state index is 10.8. The van der Waals surface area contributed by atoms with Crippen LogP contribution in [0.3, 0.4) is 0 Å². The van der Waals surface area contributed by atoms with Crippen LogP contribution in [0.25, 0.3) is 0 Å². The highest BCUT2D eigenvalue weighted by Gasteiger charge is 2.49. The molecule has 24 heavy (non-hydrogen) atoms. The second kappa shape index (κ2) is 6.84. The van der Waals surface area contributed by atoms with E-state index in [1.807, 2.05) is 53.4 Å². The predicted octanol–water partition coefficient (Wildman–Crippen LogP) is 3.11. The van der Waals surface area contributed by atoms with Gasteiger partial charge in [-0.1, -0.05) is 60.7 Å². The third kappa shape index (κ3) is 2.78. The van der Waals surface area contributed by atoms with Crippen LogP contribution in [-0.2, 0) is 5.54 Å². The minimum Gasteiger partial charge on any atom is -0.394 e. The molecule has 0 amide bonds. The molecule has 1 fully saturated rings. The summed E-state index contributed by atoms with van der Waals surface area (Å²) in [6, 6.07) is 19.8. The highest BCUT2D eigenvalue weighted by Crippen LogP contribution is 2.49. The summed E-state index contributed by atoms with van der Waals surface area (Å²) >= 11 is 0. The Morgan fingerprint density at radius 2 is 1.79 bits per heavy atom. The molecule has 0 aliphatic carbocycles. The first kappa shape index (κ1) is 16.2. The first-order valence-corrected chi connectivity index (χ1v) is 7.98. The van der Waals surface area contributed by atoms with Crippen molar-refractivity contribution in [2.75, 3.05) is 13.2 Å². The van der Waals surface area contributed by atoms with Crippen LogP contribution >= 0.6 is 0 Å². The monoisotopic (exact) mass is 324 g/mol. The summed E-state index contributed by atoms with van der Waals surface area (Å²) in [5.74, 6) is 0.0579. The molecule has 1 N–H and O–H groups in total. The second-order valence-corrected chi connectivity index (χ2v) is 5.98. The standard InChI is InChI=1S/C19H20N2O3/c22-15-19(17-9-5-2-6-10-17)18(16-7-3-1-4-8-16)11-12-20(19)13-14-21(23)24/h1-10,13-14,18,22H,11-12,15H2/b14-13-/t18-,19+/m0/s1. The largest absolute Gasteiger partial charge is 0.394 e. The predicted molar refractivity (Wildman–Crippen MR) is 91.8 cm³/mol. The third-order valence-electron chi connectivity index (χ3n) is 4.83. The van der Waals surface area contributed by atoms with Crippen LogP contribution in [0, 0.1) is 10.1 Å². The van der Waals surface area contributed by atoms with Gasteiger partial charge in [0, 0.05) is 12.5 Å². The average molecular weight is 324 g/mol. The van der Waals surface area contributed by atoms with Gasteiger partial charge in [-0.2, -0.15) is 0 Å². The highest BCUT2D eigenvalue weighted by atomic mass is 16.6. The van der Waals surface area contributed by atoms with Gasteiger partial charge in [-0.15, -0.1) is 0 Å². The molecular weight excluding hydrogens is 304 g/mol. The van der Waals surface area contributed by atoms with Gasteiger partial charge in [-0.05, 0) is 17.5 Å². The Morgan fingerprint density at radius 1 is 1.17 bits per heavy atom. The van der Waals surface area contributed by atoms with Crippen molar-refractivity contribution in [2.45, 2.75) is 17.9 Å². The van der Waals surface area contributed by atoms with Crippen LogP contribution in [0.5, 0.6) is 0 Å². The zero-order valence-corrected chi connectivity index (χ0v) is 13.3. The Morgan fingerprint density at radius 3 is 2.38 bits per heavy atom. The highest BCUT2D eigenvalue weighted by molar-refractivity contribution is 5.36. The van der Waals surface area contributed by atoms with Gasteiger partial charge in [0.2, 0.25) is 6.20 Å². The van der Waals surface area contributed by atoms with Gasteiger partial charge < -0.3 is 10.0 Å². The number of hydrogen-bond donors (Lipinski definition) is 1. The lowest BCUT2D eigenvalue weighted by atomic mass is 9.75. The minimum absolute atomic E-state index is 0.0579. The summed E-state index contributed by atoms with van der Waals surface area (Å²) in [6.07, 6.45) is 3.26. The quantitative estimate of drug-likeness (QED) is 0.678. The van der Waals surface area contributed by atoms with Crippen molar-refractivity contribution < 1.29 is 10.0 Å². The summed E-state index contributed by atoms with van der Waals surface area (Å²) in [4.78, 5) is 12.2. The Hall–Kier alpha value is -2.66. The smallest absolute Gasteiger partial charge is 0.250 e. The number of aliphatic hydroxyl groups excluding tert-OH is 1. The number of hydrogen-bond acceptors (Lipinski definition) is 4. The molecule has 0 unspecified atom stereocenters. The van der Waals surface area contributed by atoms with Crippen molar-refractivity contribution in [1.29, 1.82) is 0 Å².